The molecule has 1 unspecified atom stereocenters. The fourth-order valence-electron chi connectivity index (χ4n) is 1.40. The monoisotopic (exact) mass is 203 g/mol. The average molecular weight is 203 g/mol. The van der Waals surface area contributed by atoms with Gasteiger partial charge in [0.05, 0.1) is 5.29 Å². The van der Waals surface area contributed by atoms with Gasteiger partial charge < -0.3 is 10.6 Å². The molecule has 80 valence electrons. The van der Waals surface area contributed by atoms with Gasteiger partial charge in [0.1, 0.15) is 0 Å². The van der Waals surface area contributed by atoms with Gasteiger partial charge in [-0.15, -0.1) is 0 Å². The first-order chi connectivity index (χ1) is 6.10. The Hall–Kier alpha value is 0.0969. The Labute approximate surface area is 85.7 Å². The van der Waals surface area contributed by atoms with Gasteiger partial charge in [-0.25, -0.2) is 0 Å². The number of hydrogen-bond donors (Lipinski definition) is 2. The first-order valence-corrected chi connectivity index (χ1v) is 6.15. The quantitative estimate of drug-likeness (QED) is 0.418. The van der Waals surface area contributed by atoms with E-state index in [1.807, 2.05) is 14.1 Å². The third-order valence-corrected chi connectivity index (χ3v) is 4.37. The molecule has 0 aliphatic heterocycles. The van der Waals surface area contributed by atoms with Crippen molar-refractivity contribution in [2.75, 3.05) is 34.2 Å². The lowest BCUT2D eigenvalue weighted by atomic mass is 10.3. The molecular formula is C9H25N3Si. The Morgan fingerprint density at radius 1 is 1.38 bits per heavy atom. The first-order valence-electron chi connectivity index (χ1n) is 5.15. The van der Waals surface area contributed by atoms with Crippen LogP contribution in [0.25, 0.3) is 0 Å². The summed E-state index contributed by atoms with van der Waals surface area (Å²) in [6.45, 7) is 4.44. The third-order valence-electron chi connectivity index (χ3n) is 2.75. The lowest BCUT2D eigenvalue weighted by Crippen LogP contribution is -2.62. The summed E-state index contributed by atoms with van der Waals surface area (Å²) in [7, 11) is 7.40. The Kier molecular flexibility index (Phi) is 6.58. The summed E-state index contributed by atoms with van der Waals surface area (Å²) in [5, 5.41) is 6.87. The number of likely N-dealkylation sites (N-methyl/N-ethyl adjacent to an activating group) is 3. The molecule has 0 saturated heterocycles. The Morgan fingerprint density at radius 2 is 2.00 bits per heavy atom. The van der Waals surface area contributed by atoms with Crippen molar-refractivity contribution >= 4 is 10.2 Å². The van der Waals surface area contributed by atoms with Gasteiger partial charge in [-0.05, 0) is 34.1 Å². The molecule has 0 radical (unpaired) electrons. The molecule has 3 nitrogen and oxygen atoms in total. The molecule has 13 heavy (non-hydrogen) atoms. The Bertz CT molecular complexity index is 132. The summed E-state index contributed by atoms with van der Waals surface area (Å²) in [6, 6.07) is 0. The molecule has 0 aromatic heterocycles. The summed E-state index contributed by atoms with van der Waals surface area (Å²) >= 11 is 0. The van der Waals surface area contributed by atoms with Crippen LogP contribution >= 0.6 is 0 Å². The molecule has 0 aromatic rings. The van der Waals surface area contributed by atoms with Gasteiger partial charge in [-0.1, -0.05) is 13.3 Å². The molecule has 0 aliphatic carbocycles. The lowest BCUT2D eigenvalue weighted by molar-refractivity contribution is 0.168. The standard InChI is InChI=1S/C9H25N3Si/c1-5-6-7-12(4)9(13,11-3)8-10-2/h10-11H,5-8H2,1-4,13H3. The van der Waals surface area contributed by atoms with Crippen LogP contribution in [-0.2, 0) is 0 Å². The van der Waals surface area contributed by atoms with E-state index < -0.39 is 0 Å². The van der Waals surface area contributed by atoms with Crippen LogP contribution in [0.4, 0.5) is 0 Å². The second-order valence-corrected chi connectivity index (χ2v) is 5.48. The van der Waals surface area contributed by atoms with Crippen LogP contribution in [0, 0.1) is 0 Å². The lowest BCUT2D eigenvalue weighted by Gasteiger charge is -2.39. The molecular weight excluding hydrogens is 178 g/mol. The molecule has 0 rings (SSSR count). The van der Waals surface area contributed by atoms with Crippen molar-refractivity contribution in [3.63, 3.8) is 0 Å². The maximum Gasteiger partial charge on any atom is 0.0616 e. The summed E-state index contributed by atoms with van der Waals surface area (Å²) in [5.74, 6) is 0. The van der Waals surface area contributed by atoms with E-state index in [1.165, 1.54) is 19.4 Å². The number of hydrogen-bond acceptors (Lipinski definition) is 3. The predicted molar refractivity (Wildman–Crippen MR) is 63.2 cm³/mol. The zero-order chi connectivity index (χ0) is 10.3. The molecule has 0 fully saturated rings. The normalized spacial score (nSPS) is 16.4. The molecule has 4 heteroatoms. The van der Waals surface area contributed by atoms with Gasteiger partial charge in [-0.3, -0.25) is 4.90 Å². The molecule has 0 aliphatic rings. The van der Waals surface area contributed by atoms with E-state index in [0.29, 0.717) is 0 Å². The zero-order valence-electron chi connectivity index (χ0n) is 9.78. The van der Waals surface area contributed by atoms with E-state index in [-0.39, 0.29) is 5.29 Å². The van der Waals surface area contributed by atoms with Crippen molar-refractivity contribution < 1.29 is 0 Å². The summed E-state index contributed by atoms with van der Waals surface area (Å²) in [4.78, 5) is 2.43. The van der Waals surface area contributed by atoms with Crippen LogP contribution in [0.15, 0.2) is 0 Å². The fourth-order valence-corrected chi connectivity index (χ4v) is 1.98. The minimum Gasteiger partial charge on any atom is -0.317 e. The van der Waals surface area contributed by atoms with Crippen molar-refractivity contribution in [1.82, 2.24) is 15.5 Å². The topological polar surface area (TPSA) is 27.3 Å². The molecule has 1 atom stereocenters. The second kappa shape index (κ2) is 6.54. The largest absolute Gasteiger partial charge is 0.317 e. The van der Waals surface area contributed by atoms with Crippen molar-refractivity contribution in [2.24, 2.45) is 0 Å². The average Bonchev–Trinajstić information content (AvgIpc) is 2.14. The summed E-state index contributed by atoms with van der Waals surface area (Å²) in [5.41, 5.74) is 0. The molecule has 2 N–H and O–H groups in total. The molecule has 0 amide bonds. The van der Waals surface area contributed by atoms with Crippen molar-refractivity contribution in [1.29, 1.82) is 0 Å². The number of rotatable bonds is 7. The van der Waals surface area contributed by atoms with Crippen molar-refractivity contribution in [3.05, 3.63) is 0 Å². The minimum absolute atomic E-state index is 0.212. The van der Waals surface area contributed by atoms with E-state index in [4.69, 9.17) is 0 Å². The van der Waals surface area contributed by atoms with Crippen molar-refractivity contribution in [2.45, 2.75) is 25.1 Å². The van der Waals surface area contributed by atoms with Crippen LogP contribution in [0.2, 0.25) is 0 Å². The van der Waals surface area contributed by atoms with Gasteiger partial charge in [0.2, 0.25) is 0 Å². The molecule has 0 aromatic carbocycles. The van der Waals surface area contributed by atoms with Crippen LogP contribution in [-0.4, -0.2) is 54.7 Å². The fraction of sp³-hybridized carbons (Fsp3) is 1.00. The van der Waals surface area contributed by atoms with E-state index >= 15 is 0 Å². The Morgan fingerprint density at radius 3 is 2.38 bits per heavy atom. The zero-order valence-corrected chi connectivity index (χ0v) is 11.8. The second-order valence-electron chi connectivity index (χ2n) is 3.83. The molecule has 0 spiro atoms. The van der Waals surface area contributed by atoms with E-state index in [2.05, 4.69) is 29.5 Å². The highest BCUT2D eigenvalue weighted by atomic mass is 28.1. The summed E-state index contributed by atoms with van der Waals surface area (Å²) < 4.78 is 0. The van der Waals surface area contributed by atoms with Gasteiger partial charge >= 0.3 is 0 Å². The highest BCUT2D eigenvalue weighted by molar-refractivity contribution is 6.15. The highest BCUT2D eigenvalue weighted by Crippen LogP contribution is 2.05. The van der Waals surface area contributed by atoms with Crippen LogP contribution in [0.1, 0.15) is 19.8 Å². The molecule has 0 bridgehead atoms. The summed E-state index contributed by atoms with van der Waals surface area (Å²) in [6.07, 6.45) is 2.55. The predicted octanol–water partition coefficient (Wildman–Crippen LogP) is -0.824. The molecule has 0 saturated carbocycles. The van der Waals surface area contributed by atoms with E-state index in [0.717, 1.165) is 16.8 Å². The van der Waals surface area contributed by atoms with Crippen LogP contribution < -0.4 is 10.6 Å². The minimum atomic E-state index is 0.212. The van der Waals surface area contributed by atoms with Crippen LogP contribution in [0.5, 0.6) is 0 Å². The number of unbranched alkanes of at least 4 members (excludes halogenated alkanes) is 1. The van der Waals surface area contributed by atoms with Gasteiger partial charge in [0, 0.05) is 16.8 Å². The van der Waals surface area contributed by atoms with E-state index in [9.17, 15) is 0 Å². The van der Waals surface area contributed by atoms with Gasteiger partial charge in [-0.2, -0.15) is 0 Å². The Balaban J connectivity index is 4.03. The maximum absolute atomic E-state index is 3.41. The number of nitrogens with one attached hydrogen (secondary N) is 2. The SMILES string of the molecule is CCCCN(C)C([SiH3])(CNC)NC. The third kappa shape index (κ3) is 4.22. The van der Waals surface area contributed by atoms with Crippen LogP contribution in [0.3, 0.4) is 0 Å². The van der Waals surface area contributed by atoms with Gasteiger partial charge in [0.25, 0.3) is 0 Å². The number of nitrogens with zero attached hydrogens (tertiary/aromatic N) is 1. The maximum atomic E-state index is 3.41. The van der Waals surface area contributed by atoms with Gasteiger partial charge in [0.15, 0.2) is 0 Å². The highest BCUT2D eigenvalue weighted by Gasteiger charge is 2.25. The first kappa shape index (κ1) is 13.1. The van der Waals surface area contributed by atoms with Crippen molar-refractivity contribution in [3.8, 4) is 0 Å². The smallest absolute Gasteiger partial charge is 0.0616 e. The molecule has 0 heterocycles. The van der Waals surface area contributed by atoms with E-state index in [1.54, 1.807) is 0 Å².